The maximum Gasteiger partial charge on any atom is 0.255 e. The summed E-state index contributed by atoms with van der Waals surface area (Å²) in [7, 11) is -3.96. The van der Waals surface area contributed by atoms with Crippen molar-refractivity contribution in [3.63, 3.8) is 0 Å². The van der Waals surface area contributed by atoms with Crippen LogP contribution in [-0.2, 0) is 10.0 Å². The maximum absolute atomic E-state index is 12.8. The van der Waals surface area contributed by atoms with Crippen LogP contribution < -0.4 is 9.88 Å². The minimum Gasteiger partial charge on any atom is -0.492 e. The monoisotopic (exact) mass is 305 g/mol. The van der Waals surface area contributed by atoms with Gasteiger partial charge in [0.25, 0.3) is 5.92 Å². The molecule has 1 fully saturated rings. The predicted molar refractivity (Wildman–Crippen MR) is 70.5 cm³/mol. The number of hydrogen-bond donors (Lipinski definition) is 1. The molecule has 0 saturated heterocycles. The van der Waals surface area contributed by atoms with Gasteiger partial charge >= 0.3 is 0 Å². The van der Waals surface area contributed by atoms with E-state index in [-0.39, 0.29) is 29.6 Å². The standard InChI is InChI=1S/C13H17F2NO3S/c1-8(2)9-3-4-11(12(5-9)20(16,17)18)19-7-10-6-13(10,14)15/h3-5,8,10H,6-7H2,1-2H3,(H2,16,17,18). The van der Waals surface area contributed by atoms with E-state index in [1.165, 1.54) is 12.1 Å². The van der Waals surface area contributed by atoms with E-state index < -0.39 is 21.9 Å². The van der Waals surface area contributed by atoms with Gasteiger partial charge in [0.15, 0.2) is 0 Å². The fourth-order valence-corrected chi connectivity index (χ4v) is 2.57. The third-order valence-corrected chi connectivity index (χ3v) is 4.27. The molecule has 1 aliphatic carbocycles. The van der Waals surface area contributed by atoms with Crippen molar-refractivity contribution in [3.05, 3.63) is 23.8 Å². The zero-order valence-electron chi connectivity index (χ0n) is 11.3. The second kappa shape index (κ2) is 4.96. The second-order valence-corrected chi connectivity index (χ2v) is 6.91. The molecule has 2 rings (SSSR count). The SMILES string of the molecule is CC(C)c1ccc(OCC2CC2(F)F)c(S(N)(=O)=O)c1. The number of benzene rings is 1. The topological polar surface area (TPSA) is 69.4 Å². The van der Waals surface area contributed by atoms with E-state index in [0.717, 1.165) is 5.56 Å². The Balaban J connectivity index is 2.23. The van der Waals surface area contributed by atoms with E-state index in [1.54, 1.807) is 6.07 Å². The molecule has 1 aromatic rings. The van der Waals surface area contributed by atoms with Crippen LogP contribution in [0, 0.1) is 5.92 Å². The van der Waals surface area contributed by atoms with Crippen LogP contribution in [0.4, 0.5) is 8.78 Å². The first kappa shape index (κ1) is 15.2. The number of alkyl halides is 2. The maximum atomic E-state index is 12.8. The molecule has 1 unspecified atom stereocenters. The van der Waals surface area contributed by atoms with Gasteiger partial charge < -0.3 is 4.74 Å². The Bertz CT molecular complexity index is 614. The van der Waals surface area contributed by atoms with Crippen LogP contribution in [0.5, 0.6) is 5.75 Å². The van der Waals surface area contributed by atoms with Crippen molar-refractivity contribution >= 4 is 10.0 Å². The van der Waals surface area contributed by atoms with E-state index in [9.17, 15) is 17.2 Å². The van der Waals surface area contributed by atoms with Gasteiger partial charge in [-0.1, -0.05) is 19.9 Å². The predicted octanol–water partition coefficient (Wildman–Crippen LogP) is 2.49. The molecule has 0 aromatic heterocycles. The van der Waals surface area contributed by atoms with Crippen LogP contribution in [0.1, 0.15) is 31.7 Å². The average molecular weight is 305 g/mol. The fourth-order valence-electron chi connectivity index (χ4n) is 1.87. The highest BCUT2D eigenvalue weighted by Gasteiger charge is 2.57. The van der Waals surface area contributed by atoms with E-state index in [1.807, 2.05) is 13.8 Å². The van der Waals surface area contributed by atoms with E-state index >= 15 is 0 Å². The minimum atomic E-state index is -3.96. The zero-order valence-corrected chi connectivity index (χ0v) is 12.1. The van der Waals surface area contributed by atoms with Crippen molar-refractivity contribution in [1.29, 1.82) is 0 Å². The Kier molecular flexibility index (Phi) is 3.77. The molecule has 0 bridgehead atoms. The number of sulfonamides is 1. The molecule has 0 heterocycles. The minimum absolute atomic E-state index is 0.0274. The summed E-state index contributed by atoms with van der Waals surface area (Å²) in [6, 6.07) is 4.61. The summed E-state index contributed by atoms with van der Waals surface area (Å²) in [5.74, 6) is -3.39. The number of ether oxygens (including phenoxy) is 1. The molecule has 112 valence electrons. The van der Waals surface area contributed by atoms with Gasteiger partial charge in [0.1, 0.15) is 10.6 Å². The van der Waals surface area contributed by atoms with Crippen molar-refractivity contribution in [2.24, 2.45) is 11.1 Å². The molecule has 1 aromatic carbocycles. The van der Waals surface area contributed by atoms with Gasteiger partial charge in [-0.2, -0.15) is 0 Å². The molecule has 0 amide bonds. The Labute approximate surface area is 117 Å². The lowest BCUT2D eigenvalue weighted by atomic mass is 10.0. The first-order valence-corrected chi connectivity index (χ1v) is 7.83. The number of hydrogen-bond acceptors (Lipinski definition) is 3. The molecule has 1 aliphatic rings. The molecule has 0 spiro atoms. The number of rotatable bonds is 5. The van der Waals surface area contributed by atoms with Crippen molar-refractivity contribution in [2.45, 2.75) is 37.0 Å². The van der Waals surface area contributed by atoms with Crippen molar-refractivity contribution in [2.75, 3.05) is 6.61 Å². The number of primary sulfonamides is 1. The van der Waals surface area contributed by atoms with Gasteiger partial charge in [0.2, 0.25) is 10.0 Å². The largest absolute Gasteiger partial charge is 0.492 e. The summed E-state index contributed by atoms with van der Waals surface area (Å²) < 4.78 is 53.9. The fraction of sp³-hybridized carbons (Fsp3) is 0.538. The Hall–Kier alpha value is -1.21. The lowest BCUT2D eigenvalue weighted by Crippen LogP contribution is -2.15. The molecule has 1 saturated carbocycles. The summed E-state index contributed by atoms with van der Waals surface area (Å²) in [6.45, 7) is 3.61. The molecule has 2 N–H and O–H groups in total. The lowest BCUT2D eigenvalue weighted by molar-refractivity contribution is 0.0852. The van der Waals surface area contributed by atoms with Gasteiger partial charge in [0, 0.05) is 6.42 Å². The van der Waals surface area contributed by atoms with Crippen LogP contribution in [0.3, 0.4) is 0 Å². The van der Waals surface area contributed by atoms with Crippen LogP contribution in [0.2, 0.25) is 0 Å². The summed E-state index contributed by atoms with van der Waals surface area (Å²) in [6.07, 6.45) is -0.220. The highest BCUT2D eigenvalue weighted by atomic mass is 32.2. The summed E-state index contributed by atoms with van der Waals surface area (Å²) in [5, 5.41) is 5.15. The molecule has 7 heteroatoms. The summed E-state index contributed by atoms with van der Waals surface area (Å²) in [5.41, 5.74) is 0.790. The normalized spacial score (nSPS) is 21.0. The zero-order chi connectivity index (χ0) is 15.1. The van der Waals surface area contributed by atoms with Crippen LogP contribution >= 0.6 is 0 Å². The Morgan fingerprint density at radius 3 is 2.50 bits per heavy atom. The van der Waals surface area contributed by atoms with E-state index in [4.69, 9.17) is 9.88 Å². The molecule has 20 heavy (non-hydrogen) atoms. The first-order valence-electron chi connectivity index (χ1n) is 6.28. The van der Waals surface area contributed by atoms with Crippen LogP contribution in [0.25, 0.3) is 0 Å². The molecule has 1 atom stereocenters. The quantitative estimate of drug-likeness (QED) is 0.908. The van der Waals surface area contributed by atoms with Gasteiger partial charge in [-0.25, -0.2) is 22.3 Å². The summed E-state index contributed by atoms with van der Waals surface area (Å²) >= 11 is 0. The second-order valence-electron chi connectivity index (χ2n) is 5.38. The van der Waals surface area contributed by atoms with Gasteiger partial charge in [0.05, 0.1) is 12.5 Å². The van der Waals surface area contributed by atoms with Gasteiger partial charge in [-0.3, -0.25) is 0 Å². The lowest BCUT2D eigenvalue weighted by Gasteiger charge is -2.13. The molecule has 0 radical (unpaired) electrons. The average Bonchev–Trinajstić information content (AvgIpc) is 2.93. The van der Waals surface area contributed by atoms with E-state index in [0.29, 0.717) is 0 Å². The van der Waals surface area contributed by atoms with Crippen molar-refractivity contribution in [3.8, 4) is 5.75 Å². The van der Waals surface area contributed by atoms with E-state index in [2.05, 4.69) is 0 Å². The molecular formula is C13H17F2NO3S. The third kappa shape index (κ3) is 3.27. The van der Waals surface area contributed by atoms with Crippen molar-refractivity contribution in [1.82, 2.24) is 0 Å². The Morgan fingerprint density at radius 2 is 2.05 bits per heavy atom. The summed E-state index contributed by atoms with van der Waals surface area (Å²) in [4.78, 5) is -0.160. The van der Waals surface area contributed by atoms with Crippen LogP contribution in [0.15, 0.2) is 23.1 Å². The first-order chi connectivity index (χ1) is 9.11. The highest BCUT2D eigenvalue weighted by Crippen LogP contribution is 2.48. The van der Waals surface area contributed by atoms with Crippen molar-refractivity contribution < 1.29 is 21.9 Å². The molecular weight excluding hydrogens is 288 g/mol. The molecule has 0 aliphatic heterocycles. The highest BCUT2D eigenvalue weighted by molar-refractivity contribution is 7.89. The third-order valence-electron chi connectivity index (χ3n) is 3.34. The molecule has 4 nitrogen and oxygen atoms in total. The van der Waals surface area contributed by atoms with Crippen LogP contribution in [-0.4, -0.2) is 20.9 Å². The van der Waals surface area contributed by atoms with Gasteiger partial charge in [-0.15, -0.1) is 0 Å². The number of halogens is 2. The smallest absolute Gasteiger partial charge is 0.255 e. The van der Waals surface area contributed by atoms with Gasteiger partial charge in [-0.05, 0) is 23.6 Å². The number of nitrogens with two attached hydrogens (primary N) is 1. The Morgan fingerprint density at radius 1 is 1.45 bits per heavy atom.